The molecule has 0 aliphatic rings. The van der Waals surface area contributed by atoms with E-state index in [1.165, 1.54) is 19.3 Å². The van der Waals surface area contributed by atoms with Crippen LogP contribution in [0.4, 0.5) is 0 Å². The first kappa shape index (κ1) is 23.2. The highest BCUT2D eigenvalue weighted by molar-refractivity contribution is 5.95. The van der Waals surface area contributed by atoms with Gasteiger partial charge in [-0.05, 0) is 37.0 Å². The summed E-state index contributed by atoms with van der Waals surface area (Å²) < 4.78 is 10.8. The monoisotopic (exact) mass is 376 g/mol. The van der Waals surface area contributed by atoms with Gasteiger partial charge in [0, 0.05) is 0 Å². The number of benzene rings is 1. The fraction of sp³-hybridized carbons (Fsp3) is 0.652. The number of unbranched alkanes of at least 4 members (excludes halogenated alkanes) is 5. The molecule has 1 atom stereocenters. The molecule has 27 heavy (non-hydrogen) atoms. The summed E-state index contributed by atoms with van der Waals surface area (Å²) >= 11 is 0. The average molecular weight is 377 g/mol. The van der Waals surface area contributed by atoms with E-state index in [2.05, 4.69) is 20.8 Å². The summed E-state index contributed by atoms with van der Waals surface area (Å²) in [5.74, 6) is -0.358. The third kappa shape index (κ3) is 9.60. The zero-order chi connectivity index (χ0) is 19.9. The number of hydrogen-bond donors (Lipinski definition) is 0. The minimum Gasteiger partial charge on any atom is -0.462 e. The van der Waals surface area contributed by atoms with Gasteiger partial charge >= 0.3 is 11.9 Å². The van der Waals surface area contributed by atoms with Gasteiger partial charge in [-0.25, -0.2) is 9.59 Å². The molecule has 0 aromatic heterocycles. The fourth-order valence-electron chi connectivity index (χ4n) is 2.90. The lowest BCUT2D eigenvalue weighted by Gasteiger charge is -2.14. The van der Waals surface area contributed by atoms with E-state index in [0.717, 1.165) is 38.5 Å². The van der Waals surface area contributed by atoms with E-state index < -0.39 is 0 Å². The van der Waals surface area contributed by atoms with Gasteiger partial charge in [0.15, 0.2) is 0 Å². The minimum absolute atomic E-state index is 0.376. The molecule has 0 fully saturated rings. The molecule has 0 aliphatic carbocycles. The van der Waals surface area contributed by atoms with E-state index in [0.29, 0.717) is 30.3 Å². The largest absolute Gasteiger partial charge is 0.462 e. The fourth-order valence-corrected chi connectivity index (χ4v) is 2.90. The minimum atomic E-state index is -0.380. The second kappa shape index (κ2) is 14.2. The highest BCUT2D eigenvalue weighted by Gasteiger charge is 2.14. The molecule has 1 rings (SSSR count). The zero-order valence-corrected chi connectivity index (χ0v) is 17.3. The molecule has 0 heterocycles. The number of ether oxygens (including phenoxy) is 2. The lowest BCUT2D eigenvalue weighted by atomic mass is 10.0. The highest BCUT2D eigenvalue weighted by Crippen LogP contribution is 2.15. The molecule has 4 nitrogen and oxygen atoms in total. The Morgan fingerprint density at radius 3 is 2.11 bits per heavy atom. The third-order valence-corrected chi connectivity index (χ3v) is 4.81. The molecule has 1 aromatic carbocycles. The van der Waals surface area contributed by atoms with Crippen LogP contribution in [0.1, 0.15) is 99.3 Å². The van der Waals surface area contributed by atoms with E-state index in [4.69, 9.17) is 9.47 Å². The third-order valence-electron chi connectivity index (χ3n) is 4.81. The number of carbonyl (C=O) groups excluding carboxylic acids is 2. The number of hydrogen-bond acceptors (Lipinski definition) is 4. The summed E-state index contributed by atoms with van der Waals surface area (Å²) in [6.07, 6.45) is 9.90. The molecule has 0 saturated heterocycles. The van der Waals surface area contributed by atoms with E-state index >= 15 is 0 Å². The van der Waals surface area contributed by atoms with E-state index in [1.807, 2.05) is 0 Å². The van der Waals surface area contributed by atoms with Crippen molar-refractivity contribution in [2.45, 2.75) is 78.6 Å². The van der Waals surface area contributed by atoms with Crippen LogP contribution in [0.25, 0.3) is 0 Å². The SMILES string of the molecule is CCCCCCCOC(=O)c1cccc(C(=O)OCC(CC)CCCC)c1. The van der Waals surface area contributed by atoms with Crippen molar-refractivity contribution in [2.24, 2.45) is 5.92 Å². The molecule has 0 aliphatic heterocycles. The van der Waals surface area contributed by atoms with Gasteiger partial charge in [-0.3, -0.25) is 0 Å². The Balaban J connectivity index is 2.47. The van der Waals surface area contributed by atoms with Gasteiger partial charge in [0.2, 0.25) is 0 Å². The lowest BCUT2D eigenvalue weighted by molar-refractivity contribution is 0.0428. The first-order valence-corrected chi connectivity index (χ1v) is 10.6. The van der Waals surface area contributed by atoms with Crippen LogP contribution in [0.3, 0.4) is 0 Å². The predicted molar refractivity (Wildman–Crippen MR) is 109 cm³/mol. The molecule has 152 valence electrons. The van der Waals surface area contributed by atoms with Crippen molar-refractivity contribution >= 4 is 11.9 Å². The first-order valence-electron chi connectivity index (χ1n) is 10.6. The Kier molecular flexibility index (Phi) is 12.2. The van der Waals surface area contributed by atoms with Crippen molar-refractivity contribution in [3.63, 3.8) is 0 Å². The van der Waals surface area contributed by atoms with Crippen molar-refractivity contribution in [1.29, 1.82) is 0 Å². The van der Waals surface area contributed by atoms with E-state index in [1.54, 1.807) is 24.3 Å². The Morgan fingerprint density at radius 2 is 1.48 bits per heavy atom. The number of rotatable bonds is 14. The van der Waals surface area contributed by atoms with Gasteiger partial charge in [0.05, 0.1) is 24.3 Å². The molecule has 0 amide bonds. The molecule has 1 unspecified atom stereocenters. The predicted octanol–water partition coefficient (Wildman–Crippen LogP) is 6.19. The van der Waals surface area contributed by atoms with Crippen LogP contribution >= 0.6 is 0 Å². The van der Waals surface area contributed by atoms with Crippen LogP contribution in [0.5, 0.6) is 0 Å². The van der Waals surface area contributed by atoms with Gasteiger partial charge < -0.3 is 9.47 Å². The van der Waals surface area contributed by atoms with Crippen LogP contribution < -0.4 is 0 Å². The summed E-state index contributed by atoms with van der Waals surface area (Å²) in [5.41, 5.74) is 0.800. The number of carbonyl (C=O) groups is 2. The van der Waals surface area contributed by atoms with Crippen molar-refractivity contribution in [1.82, 2.24) is 0 Å². The average Bonchev–Trinajstić information content (AvgIpc) is 2.70. The molecular formula is C23H36O4. The summed E-state index contributed by atoms with van der Waals surface area (Å²) in [6, 6.07) is 6.61. The molecule has 0 spiro atoms. The van der Waals surface area contributed by atoms with E-state index in [9.17, 15) is 9.59 Å². The quantitative estimate of drug-likeness (QED) is 0.287. The molecular weight excluding hydrogens is 340 g/mol. The van der Waals surface area contributed by atoms with Crippen molar-refractivity contribution < 1.29 is 19.1 Å². The van der Waals surface area contributed by atoms with Crippen molar-refractivity contribution in [2.75, 3.05) is 13.2 Å². The second-order valence-corrected chi connectivity index (χ2v) is 7.15. The molecule has 0 radical (unpaired) electrons. The number of esters is 2. The summed E-state index contributed by atoms with van der Waals surface area (Å²) in [7, 11) is 0. The van der Waals surface area contributed by atoms with Gasteiger partial charge in [0.1, 0.15) is 0 Å². The van der Waals surface area contributed by atoms with Crippen molar-refractivity contribution in [3.05, 3.63) is 35.4 Å². The van der Waals surface area contributed by atoms with Gasteiger partial charge in [-0.15, -0.1) is 0 Å². The molecule has 4 heteroatoms. The van der Waals surface area contributed by atoms with Crippen molar-refractivity contribution in [3.8, 4) is 0 Å². The second-order valence-electron chi connectivity index (χ2n) is 7.15. The van der Waals surface area contributed by atoms with E-state index in [-0.39, 0.29) is 11.9 Å². The molecule has 0 bridgehead atoms. The molecule has 0 N–H and O–H groups in total. The summed E-state index contributed by atoms with van der Waals surface area (Å²) in [4.78, 5) is 24.5. The maximum Gasteiger partial charge on any atom is 0.338 e. The maximum atomic E-state index is 12.3. The summed E-state index contributed by atoms with van der Waals surface area (Å²) in [6.45, 7) is 7.31. The van der Waals surface area contributed by atoms with Crippen LogP contribution in [-0.2, 0) is 9.47 Å². The van der Waals surface area contributed by atoms with Crippen LogP contribution in [-0.4, -0.2) is 25.2 Å². The Morgan fingerprint density at radius 1 is 0.852 bits per heavy atom. The topological polar surface area (TPSA) is 52.6 Å². The lowest BCUT2D eigenvalue weighted by Crippen LogP contribution is -2.15. The smallest absolute Gasteiger partial charge is 0.338 e. The maximum absolute atomic E-state index is 12.3. The van der Waals surface area contributed by atoms with Crippen LogP contribution in [0, 0.1) is 5.92 Å². The standard InChI is InChI=1S/C23H36O4/c1-4-7-9-10-11-16-26-22(24)20-14-12-15-21(17-20)23(25)27-18-19(6-3)13-8-5-2/h12,14-15,17,19H,4-11,13,16,18H2,1-3H3. The zero-order valence-electron chi connectivity index (χ0n) is 17.3. The van der Waals surface area contributed by atoms with Crippen LogP contribution in [0.2, 0.25) is 0 Å². The van der Waals surface area contributed by atoms with Gasteiger partial charge in [-0.1, -0.05) is 71.8 Å². The molecule has 0 saturated carbocycles. The Bertz CT molecular complexity index is 553. The van der Waals surface area contributed by atoms with Gasteiger partial charge in [-0.2, -0.15) is 0 Å². The summed E-state index contributed by atoms with van der Waals surface area (Å²) in [5, 5.41) is 0. The Hall–Kier alpha value is -1.84. The molecule has 1 aromatic rings. The van der Waals surface area contributed by atoms with Crippen LogP contribution in [0.15, 0.2) is 24.3 Å². The highest BCUT2D eigenvalue weighted by atomic mass is 16.5. The normalized spacial score (nSPS) is 11.8. The Labute approximate surface area is 164 Å². The van der Waals surface area contributed by atoms with Gasteiger partial charge in [0.25, 0.3) is 0 Å². The first-order chi connectivity index (χ1) is 13.1.